The first-order valence-electron chi connectivity index (χ1n) is 12.9. The van der Waals surface area contributed by atoms with Crippen molar-refractivity contribution in [3.8, 4) is 0 Å². The third-order valence-electron chi connectivity index (χ3n) is 6.81. The van der Waals surface area contributed by atoms with Crippen LogP contribution in [0.1, 0.15) is 23.6 Å². The fourth-order valence-corrected chi connectivity index (χ4v) is 4.90. The van der Waals surface area contributed by atoms with E-state index < -0.39 is 0 Å². The number of ether oxygens (including phenoxy) is 4. The van der Waals surface area contributed by atoms with Crippen molar-refractivity contribution in [3.05, 3.63) is 108 Å². The van der Waals surface area contributed by atoms with E-state index in [0.29, 0.717) is 39.0 Å². The maximum atomic E-state index is 6.68. The van der Waals surface area contributed by atoms with Gasteiger partial charge in [-0.05, 0) is 22.6 Å². The standard InChI is InChI=1S/C31H39NO4/c1-25-20-32(18-19-33-2)29(24-34-21-26-12-6-3-7-13-26)31(36-23-28-16-10-5-11-17-28)30(25)35-22-27-14-8-4-9-15-27/h3-17,25,29-31H,18-24H2,1-2H3/t25-,29+,30+,31+/m0/s1. The lowest BCUT2D eigenvalue weighted by Crippen LogP contribution is -2.62. The molecule has 0 radical (unpaired) electrons. The minimum atomic E-state index is -0.134. The van der Waals surface area contributed by atoms with E-state index in [0.717, 1.165) is 18.7 Å². The first-order valence-corrected chi connectivity index (χ1v) is 12.9. The Labute approximate surface area is 215 Å². The zero-order chi connectivity index (χ0) is 25.0. The Morgan fingerprint density at radius 3 is 1.72 bits per heavy atom. The van der Waals surface area contributed by atoms with Crippen molar-refractivity contribution >= 4 is 0 Å². The highest BCUT2D eigenvalue weighted by atomic mass is 16.5. The van der Waals surface area contributed by atoms with E-state index in [2.05, 4.69) is 72.5 Å². The third-order valence-corrected chi connectivity index (χ3v) is 6.81. The van der Waals surface area contributed by atoms with E-state index >= 15 is 0 Å². The summed E-state index contributed by atoms with van der Waals surface area (Å²) in [6.07, 6.45) is -0.177. The fraction of sp³-hybridized carbons (Fsp3) is 0.419. The summed E-state index contributed by atoms with van der Waals surface area (Å²) in [5.41, 5.74) is 3.50. The van der Waals surface area contributed by atoms with E-state index in [1.54, 1.807) is 7.11 Å². The number of likely N-dealkylation sites (tertiary alicyclic amines) is 1. The molecule has 0 unspecified atom stereocenters. The highest BCUT2D eigenvalue weighted by Crippen LogP contribution is 2.30. The van der Waals surface area contributed by atoms with Crippen LogP contribution in [0.2, 0.25) is 0 Å². The molecule has 1 aliphatic heterocycles. The Hall–Kier alpha value is -2.54. The molecule has 1 fully saturated rings. The lowest BCUT2D eigenvalue weighted by atomic mass is 9.88. The van der Waals surface area contributed by atoms with Gasteiger partial charge in [-0.2, -0.15) is 0 Å². The Balaban J connectivity index is 1.52. The van der Waals surface area contributed by atoms with Crippen LogP contribution in [0.15, 0.2) is 91.0 Å². The highest BCUT2D eigenvalue weighted by Gasteiger charge is 2.43. The normalized spacial score (nSPS) is 22.5. The van der Waals surface area contributed by atoms with Crippen LogP contribution in [-0.2, 0) is 38.8 Å². The Morgan fingerprint density at radius 1 is 0.694 bits per heavy atom. The maximum Gasteiger partial charge on any atom is 0.102 e. The average molecular weight is 490 g/mol. The van der Waals surface area contributed by atoms with Gasteiger partial charge >= 0.3 is 0 Å². The van der Waals surface area contributed by atoms with Crippen LogP contribution in [-0.4, -0.2) is 56.6 Å². The summed E-state index contributed by atoms with van der Waals surface area (Å²) in [4.78, 5) is 2.46. The molecule has 192 valence electrons. The van der Waals surface area contributed by atoms with Gasteiger partial charge in [-0.1, -0.05) is 97.9 Å². The van der Waals surface area contributed by atoms with Gasteiger partial charge in [0.2, 0.25) is 0 Å². The summed E-state index contributed by atoms with van der Waals surface area (Å²) in [5, 5.41) is 0. The quantitative estimate of drug-likeness (QED) is 0.324. The molecular weight excluding hydrogens is 450 g/mol. The van der Waals surface area contributed by atoms with Crippen LogP contribution >= 0.6 is 0 Å². The molecule has 3 aromatic rings. The van der Waals surface area contributed by atoms with Crippen LogP contribution in [0.4, 0.5) is 0 Å². The minimum absolute atomic E-state index is 0.0435. The van der Waals surface area contributed by atoms with E-state index in [1.165, 1.54) is 11.1 Å². The molecule has 1 heterocycles. The van der Waals surface area contributed by atoms with Gasteiger partial charge in [-0.3, -0.25) is 4.90 Å². The van der Waals surface area contributed by atoms with Gasteiger partial charge in [0.25, 0.3) is 0 Å². The SMILES string of the molecule is COCCN1C[C@H](C)[C@@H](OCc2ccccc2)[C@H](OCc2ccccc2)[C@H]1COCc1ccccc1. The number of methoxy groups -OCH3 is 1. The van der Waals surface area contributed by atoms with E-state index in [9.17, 15) is 0 Å². The van der Waals surface area contributed by atoms with Crippen molar-refractivity contribution in [1.82, 2.24) is 4.90 Å². The van der Waals surface area contributed by atoms with Crippen molar-refractivity contribution in [3.63, 3.8) is 0 Å². The Bertz CT molecular complexity index is 985. The number of hydrogen-bond acceptors (Lipinski definition) is 5. The predicted octanol–water partition coefficient (Wildman–Crippen LogP) is 5.34. The molecule has 4 atom stereocenters. The van der Waals surface area contributed by atoms with Crippen molar-refractivity contribution in [2.45, 2.75) is 45.0 Å². The smallest absolute Gasteiger partial charge is 0.102 e. The summed E-state index contributed by atoms with van der Waals surface area (Å²) in [5.74, 6) is 0.303. The van der Waals surface area contributed by atoms with Gasteiger partial charge in [0.1, 0.15) is 6.10 Å². The summed E-state index contributed by atoms with van der Waals surface area (Å²) in [6, 6.07) is 31.1. The summed E-state index contributed by atoms with van der Waals surface area (Å²) in [6.45, 7) is 6.91. The monoisotopic (exact) mass is 489 g/mol. The largest absolute Gasteiger partial charge is 0.383 e. The second-order valence-corrected chi connectivity index (χ2v) is 9.56. The molecule has 3 aromatic carbocycles. The molecule has 0 aromatic heterocycles. The summed E-state index contributed by atoms with van der Waals surface area (Å²) < 4.78 is 25.0. The van der Waals surface area contributed by atoms with Crippen LogP contribution < -0.4 is 0 Å². The molecule has 4 rings (SSSR count). The molecule has 0 N–H and O–H groups in total. The molecular formula is C31H39NO4. The number of piperidine rings is 1. The van der Waals surface area contributed by atoms with Crippen LogP contribution in [0.5, 0.6) is 0 Å². The number of nitrogens with zero attached hydrogens (tertiary/aromatic N) is 1. The summed E-state index contributed by atoms with van der Waals surface area (Å²) >= 11 is 0. The second kappa shape index (κ2) is 14.3. The van der Waals surface area contributed by atoms with Gasteiger partial charge in [-0.25, -0.2) is 0 Å². The molecule has 5 nitrogen and oxygen atoms in total. The lowest BCUT2D eigenvalue weighted by molar-refractivity contribution is -0.177. The van der Waals surface area contributed by atoms with Crippen LogP contribution in [0.3, 0.4) is 0 Å². The number of hydrogen-bond donors (Lipinski definition) is 0. The molecule has 1 aliphatic rings. The lowest BCUT2D eigenvalue weighted by Gasteiger charge is -2.48. The van der Waals surface area contributed by atoms with Crippen LogP contribution in [0, 0.1) is 5.92 Å². The topological polar surface area (TPSA) is 40.2 Å². The summed E-state index contributed by atoms with van der Waals surface area (Å²) in [7, 11) is 1.75. The first-order chi connectivity index (χ1) is 17.7. The van der Waals surface area contributed by atoms with Crippen molar-refractivity contribution in [1.29, 1.82) is 0 Å². The third kappa shape index (κ3) is 7.73. The Kier molecular flexibility index (Phi) is 10.5. The molecule has 0 spiro atoms. The second-order valence-electron chi connectivity index (χ2n) is 9.56. The molecule has 36 heavy (non-hydrogen) atoms. The van der Waals surface area contributed by atoms with Crippen molar-refractivity contribution in [2.24, 2.45) is 5.92 Å². The minimum Gasteiger partial charge on any atom is -0.383 e. The maximum absolute atomic E-state index is 6.68. The fourth-order valence-electron chi connectivity index (χ4n) is 4.90. The predicted molar refractivity (Wildman–Crippen MR) is 143 cm³/mol. The van der Waals surface area contributed by atoms with Gasteiger partial charge in [0, 0.05) is 20.2 Å². The van der Waals surface area contributed by atoms with E-state index in [4.69, 9.17) is 18.9 Å². The molecule has 5 heteroatoms. The van der Waals surface area contributed by atoms with Crippen molar-refractivity contribution < 1.29 is 18.9 Å². The first kappa shape index (κ1) is 26.5. The van der Waals surface area contributed by atoms with Gasteiger partial charge in [0.15, 0.2) is 0 Å². The number of rotatable bonds is 13. The highest BCUT2D eigenvalue weighted by molar-refractivity contribution is 5.15. The molecule has 1 saturated heterocycles. The average Bonchev–Trinajstić information content (AvgIpc) is 2.93. The molecule has 0 bridgehead atoms. The van der Waals surface area contributed by atoms with Gasteiger partial charge < -0.3 is 18.9 Å². The zero-order valence-corrected chi connectivity index (χ0v) is 21.5. The van der Waals surface area contributed by atoms with E-state index in [-0.39, 0.29) is 18.2 Å². The van der Waals surface area contributed by atoms with Gasteiger partial charge in [-0.15, -0.1) is 0 Å². The van der Waals surface area contributed by atoms with Crippen LogP contribution in [0.25, 0.3) is 0 Å². The molecule has 0 aliphatic carbocycles. The molecule has 0 saturated carbocycles. The zero-order valence-electron chi connectivity index (χ0n) is 21.5. The van der Waals surface area contributed by atoms with Gasteiger partial charge in [0.05, 0.1) is 45.2 Å². The van der Waals surface area contributed by atoms with E-state index in [1.807, 2.05) is 30.3 Å². The number of benzene rings is 3. The van der Waals surface area contributed by atoms with Crippen molar-refractivity contribution in [2.75, 3.05) is 33.4 Å². The molecule has 0 amide bonds. The Morgan fingerprint density at radius 2 is 1.19 bits per heavy atom.